The van der Waals surface area contributed by atoms with E-state index in [1.54, 1.807) is 59.9 Å². The number of hydrogen-bond acceptors (Lipinski definition) is 15. The molecule has 2 amide bonds. The van der Waals surface area contributed by atoms with Crippen molar-refractivity contribution < 1.29 is 122 Å². The van der Waals surface area contributed by atoms with E-state index in [2.05, 4.69) is 0 Å². The van der Waals surface area contributed by atoms with Crippen LogP contribution in [0.25, 0.3) is 0 Å². The molecule has 60 heavy (non-hydrogen) atoms. The van der Waals surface area contributed by atoms with Gasteiger partial charge in [0.05, 0.1) is 54.1 Å². The number of benzene rings is 1. The second-order valence-electron chi connectivity index (χ2n) is 15.0. The molecule has 0 spiro atoms. The van der Waals surface area contributed by atoms with E-state index < -0.39 is 75.4 Å². The third-order valence-corrected chi connectivity index (χ3v) is 12.7. The van der Waals surface area contributed by atoms with E-state index in [4.69, 9.17) is 21.4 Å². The number of carbonyl (C=O) groups is 3. The number of pyridine rings is 1. The standard InChI is InChI=1S/C37H43ClN4O13S3.2Na/c1-36(2)28-21-25(38)23-40(17-5-19-56(46,47)48)35(28)39-30(36)12-7-24(9-16-34(45)55-42-32(43)14-15-33(42)44)8-13-31-37(3,4)27-22-26(58(52,53)54)10-11-29(27)41(31)18-6-20-57(49,50)51;;/h7-8,10-13,21-23H,5-6,9,14-20H2,1-4H3,(H2-,46,47,48,49,50,51,52,53,54);;/q;2*+1/p-2. The molecule has 0 atom stereocenters. The molecule has 0 aliphatic carbocycles. The maximum atomic E-state index is 12.9. The van der Waals surface area contributed by atoms with Gasteiger partial charge in [0, 0.05) is 47.7 Å². The number of allylic oxidation sites excluding steroid dienone is 6. The first-order chi connectivity index (χ1) is 26.8. The molecule has 2 aromatic rings. The predicted molar refractivity (Wildman–Crippen MR) is 207 cm³/mol. The first-order valence-corrected chi connectivity index (χ1v) is 23.0. The summed E-state index contributed by atoms with van der Waals surface area (Å²) in [7, 11) is -13.9. The second-order valence-corrected chi connectivity index (χ2v) is 19.9. The maximum absolute atomic E-state index is 12.9. The summed E-state index contributed by atoms with van der Waals surface area (Å²) in [4.78, 5) is 48.2. The van der Waals surface area contributed by atoms with Crippen molar-refractivity contribution >= 4 is 77.0 Å². The molecule has 3 aliphatic rings. The summed E-state index contributed by atoms with van der Waals surface area (Å²) >= 11 is 6.44. The van der Waals surface area contributed by atoms with Gasteiger partial charge in [-0.05, 0) is 85.7 Å². The first-order valence-electron chi connectivity index (χ1n) is 18.0. The minimum atomic E-state index is -4.84. The van der Waals surface area contributed by atoms with Gasteiger partial charge in [0.1, 0.15) is 16.3 Å². The van der Waals surface area contributed by atoms with Crippen LogP contribution in [0.2, 0.25) is 5.02 Å². The number of carbonyl (C=O) groups excluding carboxylic acids is 3. The number of aryl methyl sites for hydroxylation is 1. The third kappa shape index (κ3) is 12.7. The third-order valence-electron chi connectivity index (χ3n) is 10.1. The zero-order valence-corrected chi connectivity index (χ0v) is 41.2. The summed E-state index contributed by atoms with van der Waals surface area (Å²) in [5.74, 6) is -2.91. The van der Waals surface area contributed by atoms with Gasteiger partial charge in [-0.3, -0.25) is 9.59 Å². The molecule has 1 aromatic carbocycles. The Morgan fingerprint density at radius 3 is 2.12 bits per heavy atom. The summed E-state index contributed by atoms with van der Waals surface area (Å²) < 4.78 is 106. The summed E-state index contributed by atoms with van der Waals surface area (Å²) in [5, 5.41) is 0.799. The molecule has 1 saturated heterocycles. The van der Waals surface area contributed by atoms with E-state index in [-0.39, 0.29) is 111 Å². The Hall–Kier alpha value is -2.31. The van der Waals surface area contributed by atoms with Crippen molar-refractivity contribution in [2.24, 2.45) is 4.99 Å². The largest absolute Gasteiger partial charge is 1.00 e. The van der Waals surface area contributed by atoms with Crippen LogP contribution >= 0.6 is 11.6 Å². The molecule has 1 fully saturated rings. The van der Waals surface area contributed by atoms with Crippen LogP contribution in [-0.2, 0) is 67.0 Å². The SMILES string of the molecule is CC1(C)C(/C=C/C(=C/C=C2/N(CCCS(=O)(=O)[O-])c3ccc(S(=O)(=O)[O-])cc3C2(C)C)CCC(=O)ON2C(=O)CCC2=O)=Nc2c1cc(Cl)c[n+]2CCCS(=O)(=O)[O-].[Na+].[Na+]. The Kier molecular flexibility index (Phi) is 17.4. The van der Waals surface area contributed by atoms with Crippen molar-refractivity contribution in [3.05, 3.63) is 82.2 Å². The quantitative estimate of drug-likeness (QED) is 0.0548. The molecule has 4 heterocycles. The van der Waals surface area contributed by atoms with E-state index in [1.807, 2.05) is 13.8 Å². The van der Waals surface area contributed by atoms with E-state index in [1.165, 1.54) is 12.1 Å². The molecular weight excluding hydrogens is 886 g/mol. The van der Waals surface area contributed by atoms with Gasteiger partial charge in [-0.25, -0.2) is 34.6 Å². The van der Waals surface area contributed by atoms with Gasteiger partial charge in [0.15, 0.2) is 5.71 Å². The number of aromatic nitrogens is 1. The van der Waals surface area contributed by atoms with Gasteiger partial charge in [0.2, 0.25) is 0 Å². The van der Waals surface area contributed by atoms with Gasteiger partial charge < -0.3 is 23.4 Å². The molecule has 1 aromatic heterocycles. The zero-order chi connectivity index (χ0) is 43.0. The van der Waals surface area contributed by atoms with E-state index >= 15 is 0 Å². The van der Waals surface area contributed by atoms with Crippen molar-refractivity contribution in [1.82, 2.24) is 5.06 Å². The van der Waals surface area contributed by atoms with Gasteiger partial charge in [0.25, 0.3) is 11.8 Å². The number of imide groups is 1. The minimum Gasteiger partial charge on any atom is -0.748 e. The van der Waals surface area contributed by atoms with Crippen molar-refractivity contribution in [3.63, 3.8) is 0 Å². The molecule has 0 radical (unpaired) electrons. The summed E-state index contributed by atoms with van der Waals surface area (Å²) in [6, 6.07) is 5.57. The van der Waals surface area contributed by atoms with E-state index in [0.29, 0.717) is 44.1 Å². The van der Waals surface area contributed by atoms with Crippen LogP contribution in [-0.4, -0.2) is 85.5 Å². The van der Waals surface area contributed by atoms with Gasteiger partial charge in [-0.15, -0.1) is 5.06 Å². The van der Waals surface area contributed by atoms with Crippen LogP contribution in [0.5, 0.6) is 0 Å². The van der Waals surface area contributed by atoms with Crippen molar-refractivity contribution in [2.75, 3.05) is 23.0 Å². The zero-order valence-electron chi connectivity index (χ0n) is 34.0. The summed E-state index contributed by atoms with van der Waals surface area (Å²) in [6.07, 6.45) is 7.81. The molecule has 5 rings (SSSR count). The van der Waals surface area contributed by atoms with E-state index in [0.717, 1.165) is 11.6 Å². The average Bonchev–Trinajstić information content (AvgIpc) is 3.63. The fraction of sp³-hybridized carbons (Fsp3) is 0.432. The molecule has 17 nitrogen and oxygen atoms in total. The number of aliphatic imine (C=N–C) groups is 1. The molecule has 23 heteroatoms. The minimum absolute atomic E-state index is 0. The maximum Gasteiger partial charge on any atom is 1.00 e. The van der Waals surface area contributed by atoms with E-state index in [9.17, 15) is 53.3 Å². The van der Waals surface area contributed by atoms with Crippen molar-refractivity contribution in [3.8, 4) is 0 Å². The van der Waals surface area contributed by atoms with Gasteiger partial charge in [-0.1, -0.05) is 37.6 Å². The number of fused-ring (bicyclic) bond motifs is 2. The summed E-state index contributed by atoms with van der Waals surface area (Å²) in [6.45, 7) is 7.50. The molecule has 0 N–H and O–H groups in total. The van der Waals surface area contributed by atoms with Crippen LogP contribution in [0, 0.1) is 0 Å². The van der Waals surface area contributed by atoms with Crippen molar-refractivity contribution in [2.45, 2.75) is 88.5 Å². The van der Waals surface area contributed by atoms with Gasteiger partial charge >= 0.3 is 70.9 Å². The molecule has 314 valence electrons. The average molecular weight is 927 g/mol. The van der Waals surface area contributed by atoms with Crippen LogP contribution in [0.15, 0.2) is 75.9 Å². The van der Waals surface area contributed by atoms with Gasteiger partial charge in [-0.2, -0.15) is 0 Å². The predicted octanol–water partition coefficient (Wildman–Crippen LogP) is -2.67. The first kappa shape index (κ1) is 52.0. The number of rotatable bonds is 16. The monoisotopic (exact) mass is 926 g/mol. The Labute approximate surface area is 398 Å². The molecule has 0 bridgehead atoms. The fourth-order valence-corrected chi connectivity index (χ4v) is 8.69. The number of hydrogen-bond donors (Lipinski definition) is 0. The Bertz CT molecular complexity index is 2510. The molecule has 0 unspecified atom stereocenters. The number of hydroxylamine groups is 2. The number of amides is 2. The fourth-order valence-electron chi connectivity index (χ4n) is 7.00. The van der Waals surface area contributed by atoms with Crippen LogP contribution in [0.3, 0.4) is 0 Å². The Morgan fingerprint density at radius 1 is 0.900 bits per heavy atom. The Balaban J connectivity index is 0.00000480. The van der Waals surface area contributed by atoms with Crippen molar-refractivity contribution in [1.29, 1.82) is 0 Å². The smallest absolute Gasteiger partial charge is 0.748 e. The molecule has 0 saturated carbocycles. The second kappa shape index (κ2) is 20.0. The molecular formula is C37H41ClN4Na2O13S3. The molecule has 3 aliphatic heterocycles. The number of halogens is 1. The Morgan fingerprint density at radius 2 is 1.52 bits per heavy atom. The van der Waals surface area contributed by atoms with Crippen LogP contribution < -0.4 is 68.6 Å². The normalized spacial score (nSPS) is 18.0. The summed E-state index contributed by atoms with van der Waals surface area (Å²) in [5.41, 5.74) is 1.54. The number of anilines is 1. The topological polar surface area (TPSA) is 255 Å². The van der Waals surface area contributed by atoms with Crippen LogP contribution in [0.1, 0.15) is 77.3 Å². The van der Waals surface area contributed by atoms with Crippen LogP contribution in [0.4, 0.5) is 11.5 Å². The number of nitrogens with zero attached hydrogens (tertiary/aromatic N) is 4.